The summed E-state index contributed by atoms with van der Waals surface area (Å²) in [6.07, 6.45) is 5.07. The van der Waals surface area contributed by atoms with E-state index in [2.05, 4.69) is 30.2 Å². The van der Waals surface area contributed by atoms with Gasteiger partial charge in [-0.15, -0.1) is 0 Å². The minimum atomic E-state index is 0.617. The number of aryl methyl sites for hydroxylation is 2. The molecule has 2 bridgehead atoms. The molecule has 39 heavy (non-hydrogen) atoms. The predicted molar refractivity (Wildman–Crippen MR) is 148 cm³/mol. The molecule has 0 spiro atoms. The Labute approximate surface area is 222 Å². The molecule has 190 valence electrons. The molecule has 5 aromatic heterocycles. The maximum absolute atomic E-state index is 6.18. The SMILES string of the molecule is Cc1cc(Nc2ncnc3cnc(N4Cc5c(c6ccc5o6)C4)nc23)ccc1Oc1ccc2c(c1)ncn2C. The summed E-state index contributed by atoms with van der Waals surface area (Å²) >= 11 is 0. The Hall–Kier alpha value is -5.25. The summed E-state index contributed by atoms with van der Waals surface area (Å²) in [7, 11) is 1.98. The number of hydrogen-bond donors (Lipinski definition) is 1. The van der Waals surface area contributed by atoms with E-state index in [0.29, 0.717) is 35.9 Å². The van der Waals surface area contributed by atoms with Crippen molar-refractivity contribution in [2.75, 3.05) is 10.2 Å². The van der Waals surface area contributed by atoms with Crippen molar-refractivity contribution >= 4 is 50.7 Å². The highest BCUT2D eigenvalue weighted by Crippen LogP contribution is 2.37. The maximum atomic E-state index is 6.18. The molecular weight excluding hydrogens is 492 g/mol. The lowest BCUT2D eigenvalue weighted by atomic mass is 10.1. The fourth-order valence-corrected chi connectivity index (χ4v) is 5.26. The molecule has 0 aliphatic carbocycles. The molecule has 0 unspecified atom stereocenters. The first kappa shape index (κ1) is 21.8. The second kappa shape index (κ2) is 8.12. The Bertz CT molecular complexity index is 1990. The number of nitrogens with one attached hydrogen (secondary N) is 1. The average molecular weight is 515 g/mol. The summed E-state index contributed by atoms with van der Waals surface area (Å²) in [5.74, 6) is 2.77. The lowest BCUT2D eigenvalue weighted by Crippen LogP contribution is -2.18. The fraction of sp³-hybridized carbons (Fsp3) is 0.138. The third-order valence-electron chi connectivity index (χ3n) is 7.27. The van der Waals surface area contributed by atoms with Gasteiger partial charge in [0.25, 0.3) is 0 Å². The Morgan fingerprint density at radius 3 is 2.56 bits per heavy atom. The van der Waals surface area contributed by atoms with Crippen LogP contribution in [0, 0.1) is 6.92 Å². The van der Waals surface area contributed by atoms with Crippen molar-refractivity contribution in [2.24, 2.45) is 7.05 Å². The molecule has 0 fully saturated rings. The van der Waals surface area contributed by atoms with Crippen LogP contribution >= 0.6 is 0 Å². The highest BCUT2D eigenvalue weighted by molar-refractivity contribution is 5.87. The molecule has 0 radical (unpaired) electrons. The lowest BCUT2D eigenvalue weighted by Gasteiger charge is -2.16. The van der Waals surface area contributed by atoms with E-state index < -0.39 is 0 Å². The van der Waals surface area contributed by atoms with Gasteiger partial charge in [0.2, 0.25) is 5.95 Å². The molecular formula is C29H22N8O2. The molecule has 0 saturated carbocycles. The van der Waals surface area contributed by atoms with Gasteiger partial charge in [0.1, 0.15) is 40.0 Å². The van der Waals surface area contributed by atoms with Crippen molar-refractivity contribution in [2.45, 2.75) is 20.0 Å². The van der Waals surface area contributed by atoms with Crippen molar-refractivity contribution in [3.05, 3.63) is 84.1 Å². The van der Waals surface area contributed by atoms with Gasteiger partial charge in [0.05, 0.1) is 36.6 Å². The largest absolute Gasteiger partial charge is 0.457 e. The van der Waals surface area contributed by atoms with Crippen LogP contribution in [0.4, 0.5) is 17.5 Å². The number of hydrogen-bond acceptors (Lipinski definition) is 9. The minimum absolute atomic E-state index is 0.617. The summed E-state index contributed by atoms with van der Waals surface area (Å²) in [5, 5.41) is 3.41. The van der Waals surface area contributed by atoms with Crippen LogP contribution in [0.3, 0.4) is 0 Å². The smallest absolute Gasteiger partial charge is 0.226 e. The normalized spacial score (nSPS) is 13.1. The summed E-state index contributed by atoms with van der Waals surface area (Å²) in [5.41, 5.74) is 9.45. The molecule has 1 aliphatic rings. The van der Waals surface area contributed by atoms with Crippen LogP contribution in [0.2, 0.25) is 0 Å². The number of anilines is 3. The van der Waals surface area contributed by atoms with Gasteiger partial charge in [-0.1, -0.05) is 0 Å². The molecule has 1 aliphatic heterocycles. The zero-order chi connectivity index (χ0) is 26.1. The number of ether oxygens (including phenoxy) is 1. The van der Waals surface area contributed by atoms with E-state index >= 15 is 0 Å². The van der Waals surface area contributed by atoms with E-state index in [9.17, 15) is 0 Å². The van der Waals surface area contributed by atoms with Crippen LogP contribution in [0.15, 0.2) is 71.8 Å². The van der Waals surface area contributed by atoms with Crippen molar-refractivity contribution in [3.8, 4) is 11.5 Å². The topological polar surface area (TPSA) is 107 Å². The van der Waals surface area contributed by atoms with E-state index in [0.717, 1.165) is 44.9 Å². The van der Waals surface area contributed by atoms with Gasteiger partial charge in [-0.25, -0.2) is 24.9 Å². The molecule has 6 heterocycles. The summed E-state index contributed by atoms with van der Waals surface area (Å²) in [4.78, 5) is 24.9. The summed E-state index contributed by atoms with van der Waals surface area (Å²) in [6, 6.07) is 15.9. The number of benzene rings is 3. The monoisotopic (exact) mass is 514 g/mol. The van der Waals surface area contributed by atoms with E-state index in [-0.39, 0.29) is 0 Å². The predicted octanol–water partition coefficient (Wildman–Crippen LogP) is 5.86. The number of furan rings is 2. The van der Waals surface area contributed by atoms with Gasteiger partial charge >= 0.3 is 0 Å². The quantitative estimate of drug-likeness (QED) is 0.302. The van der Waals surface area contributed by atoms with Gasteiger partial charge in [0, 0.05) is 29.9 Å². The molecule has 0 amide bonds. The Morgan fingerprint density at radius 2 is 1.74 bits per heavy atom. The van der Waals surface area contributed by atoms with E-state index in [1.54, 1.807) is 12.5 Å². The van der Waals surface area contributed by atoms with Gasteiger partial charge in [-0.05, 0) is 55.0 Å². The maximum Gasteiger partial charge on any atom is 0.226 e. The fourth-order valence-electron chi connectivity index (χ4n) is 5.26. The van der Waals surface area contributed by atoms with E-state index in [1.165, 1.54) is 17.5 Å². The zero-order valence-corrected chi connectivity index (χ0v) is 21.2. The van der Waals surface area contributed by atoms with Crippen LogP contribution in [-0.2, 0) is 20.1 Å². The first-order valence-corrected chi connectivity index (χ1v) is 12.6. The lowest BCUT2D eigenvalue weighted by molar-refractivity contribution is 0.479. The molecule has 0 atom stereocenters. The van der Waals surface area contributed by atoms with Gasteiger partial charge in [-0.3, -0.25) is 0 Å². The molecule has 10 nitrogen and oxygen atoms in total. The van der Waals surface area contributed by atoms with Gasteiger partial charge < -0.3 is 23.9 Å². The Morgan fingerprint density at radius 1 is 0.897 bits per heavy atom. The molecule has 10 heteroatoms. The Kier molecular flexibility index (Phi) is 4.54. The van der Waals surface area contributed by atoms with Crippen LogP contribution in [0.5, 0.6) is 11.5 Å². The average Bonchev–Trinajstić information content (AvgIpc) is 3.73. The number of aromatic nitrogens is 6. The Balaban J connectivity index is 1.06. The number of fused-ring (bicyclic) bond motifs is 7. The first-order chi connectivity index (χ1) is 19.1. The highest BCUT2D eigenvalue weighted by atomic mass is 16.5. The van der Waals surface area contributed by atoms with Crippen molar-refractivity contribution in [1.82, 2.24) is 29.5 Å². The zero-order valence-electron chi connectivity index (χ0n) is 21.2. The van der Waals surface area contributed by atoms with Crippen molar-refractivity contribution in [1.29, 1.82) is 0 Å². The summed E-state index contributed by atoms with van der Waals surface area (Å²) in [6.45, 7) is 3.45. The second-order valence-corrected chi connectivity index (χ2v) is 9.82. The van der Waals surface area contributed by atoms with Gasteiger partial charge in [-0.2, -0.15) is 0 Å². The van der Waals surface area contributed by atoms with Crippen LogP contribution in [-0.4, -0.2) is 29.5 Å². The van der Waals surface area contributed by atoms with Crippen LogP contribution in [0.25, 0.3) is 33.2 Å². The van der Waals surface area contributed by atoms with E-state index in [1.807, 2.05) is 67.1 Å². The minimum Gasteiger partial charge on any atom is -0.457 e. The number of rotatable bonds is 5. The molecule has 7 aromatic rings. The molecule has 8 rings (SSSR count). The number of imidazole rings is 1. The highest BCUT2D eigenvalue weighted by Gasteiger charge is 2.28. The second-order valence-electron chi connectivity index (χ2n) is 9.82. The van der Waals surface area contributed by atoms with Crippen molar-refractivity contribution < 1.29 is 9.15 Å². The summed E-state index contributed by atoms with van der Waals surface area (Å²) < 4.78 is 13.9. The van der Waals surface area contributed by atoms with Crippen molar-refractivity contribution in [3.63, 3.8) is 0 Å². The number of nitrogens with zero attached hydrogens (tertiary/aromatic N) is 7. The third-order valence-corrected chi connectivity index (χ3v) is 7.27. The van der Waals surface area contributed by atoms with Gasteiger partial charge in [0.15, 0.2) is 5.82 Å². The molecule has 0 saturated heterocycles. The third kappa shape index (κ3) is 3.52. The van der Waals surface area contributed by atoms with E-state index in [4.69, 9.17) is 14.1 Å². The standard InChI is InChI=1S/C29H22N8O2/c1-16-9-17(3-6-24(16)38-18-4-5-23-21(10-18)33-15-36(23)2)34-28-27-22(31-14-32-28)11-30-29(35-27)37-12-19-20(13-37)26-8-7-25(19)39-26/h3-11,14-15H,12-13H2,1-2H3,(H,31,32,34). The van der Waals surface area contributed by atoms with Crippen LogP contribution in [0.1, 0.15) is 16.7 Å². The van der Waals surface area contributed by atoms with Crippen LogP contribution < -0.4 is 15.0 Å². The first-order valence-electron chi connectivity index (χ1n) is 12.6. The molecule has 2 aromatic carbocycles. The molecule has 1 N–H and O–H groups in total.